The summed E-state index contributed by atoms with van der Waals surface area (Å²) in [6, 6.07) is 7.23. The predicted octanol–water partition coefficient (Wildman–Crippen LogP) is 5.44. The predicted molar refractivity (Wildman–Crippen MR) is 108 cm³/mol. The highest BCUT2D eigenvalue weighted by Gasteiger charge is 2.38. The van der Waals surface area contributed by atoms with Crippen molar-refractivity contribution in [3.63, 3.8) is 0 Å². The van der Waals surface area contributed by atoms with Gasteiger partial charge in [-0.05, 0) is 18.6 Å². The minimum atomic E-state index is -4.67. The van der Waals surface area contributed by atoms with Gasteiger partial charge in [0.25, 0.3) is 0 Å². The number of carbonyl (C=O) groups is 1. The summed E-state index contributed by atoms with van der Waals surface area (Å²) in [6.45, 7) is 1.65. The van der Waals surface area contributed by atoms with Gasteiger partial charge in [-0.2, -0.15) is 23.4 Å². The van der Waals surface area contributed by atoms with Crippen molar-refractivity contribution in [2.24, 2.45) is 0 Å². The van der Waals surface area contributed by atoms with E-state index in [0.29, 0.717) is 11.6 Å². The molecule has 0 bridgehead atoms. The molecule has 0 aliphatic carbocycles. The van der Waals surface area contributed by atoms with E-state index in [1.807, 2.05) is 12.1 Å². The maximum absolute atomic E-state index is 12.9. The number of rotatable bonds is 6. The first-order valence-electron chi connectivity index (χ1n) is 8.62. The number of halogens is 6. The minimum Gasteiger partial charge on any atom is -0.308 e. The summed E-state index contributed by atoms with van der Waals surface area (Å²) in [6.07, 6.45) is -3.28. The van der Waals surface area contributed by atoms with Gasteiger partial charge in [-0.25, -0.2) is 0 Å². The number of aryl methyl sites for hydroxylation is 1. The average molecular weight is 481 g/mol. The van der Waals surface area contributed by atoms with Gasteiger partial charge in [0.1, 0.15) is 5.02 Å². The van der Waals surface area contributed by atoms with Crippen LogP contribution in [0, 0.1) is 6.92 Å². The first kappa shape index (κ1) is 22.5. The Morgan fingerprint density at radius 1 is 1.13 bits per heavy atom. The third-order valence-electron chi connectivity index (χ3n) is 4.22. The smallest absolute Gasteiger partial charge is 0.308 e. The molecule has 0 saturated carbocycles. The molecule has 0 aliphatic heterocycles. The van der Waals surface area contributed by atoms with Crippen LogP contribution < -0.4 is 5.32 Å². The number of aromatic nitrogens is 4. The lowest BCUT2D eigenvalue weighted by atomic mass is 10.2. The average Bonchev–Trinajstić information content (AvgIpc) is 3.15. The van der Waals surface area contributed by atoms with Crippen LogP contribution in [0.2, 0.25) is 15.1 Å². The lowest BCUT2D eigenvalue weighted by Gasteiger charge is -2.06. The van der Waals surface area contributed by atoms with Crippen LogP contribution in [0.25, 0.3) is 0 Å². The molecule has 0 saturated heterocycles. The molecule has 0 radical (unpaired) electrons. The number of carbonyl (C=O) groups excluding carboxylic acids is 1. The zero-order valence-electron chi connectivity index (χ0n) is 15.5. The normalized spacial score (nSPS) is 11.7. The van der Waals surface area contributed by atoms with Crippen molar-refractivity contribution in [2.75, 3.05) is 5.32 Å². The number of nitrogens with zero attached hydrogens (tertiary/aromatic N) is 4. The Balaban J connectivity index is 1.63. The summed E-state index contributed by atoms with van der Waals surface area (Å²) in [7, 11) is 0. The summed E-state index contributed by atoms with van der Waals surface area (Å²) in [4.78, 5) is 12.2. The van der Waals surface area contributed by atoms with E-state index in [9.17, 15) is 18.0 Å². The summed E-state index contributed by atoms with van der Waals surface area (Å²) in [5.74, 6) is -0.348. The van der Waals surface area contributed by atoms with Crippen LogP contribution in [0.1, 0.15) is 23.4 Å². The molecule has 1 N–H and O–H groups in total. The van der Waals surface area contributed by atoms with Crippen LogP contribution in [-0.2, 0) is 24.1 Å². The van der Waals surface area contributed by atoms with Crippen molar-refractivity contribution in [3.05, 3.63) is 62.5 Å². The molecule has 0 spiro atoms. The Hall–Kier alpha value is -2.23. The molecule has 1 amide bonds. The molecule has 12 heteroatoms. The van der Waals surface area contributed by atoms with Crippen LogP contribution in [-0.4, -0.2) is 25.5 Å². The number of hydrogen-bond donors (Lipinski definition) is 1. The van der Waals surface area contributed by atoms with E-state index in [1.54, 1.807) is 12.1 Å². The monoisotopic (exact) mass is 479 g/mol. The minimum absolute atomic E-state index is 0.0918. The Labute approximate surface area is 184 Å². The molecular formula is C18H15Cl3F3N5O. The molecule has 0 unspecified atom stereocenters. The van der Waals surface area contributed by atoms with E-state index < -0.39 is 22.8 Å². The summed E-state index contributed by atoms with van der Waals surface area (Å²) < 4.78 is 41.2. The fourth-order valence-electron chi connectivity index (χ4n) is 2.69. The van der Waals surface area contributed by atoms with Gasteiger partial charge in [-0.15, -0.1) is 0 Å². The van der Waals surface area contributed by atoms with Gasteiger partial charge >= 0.3 is 6.18 Å². The molecule has 0 aliphatic rings. The maximum Gasteiger partial charge on any atom is 0.436 e. The summed E-state index contributed by atoms with van der Waals surface area (Å²) >= 11 is 17.9. The van der Waals surface area contributed by atoms with Crippen LogP contribution in [0.5, 0.6) is 0 Å². The van der Waals surface area contributed by atoms with E-state index in [-0.39, 0.29) is 29.5 Å². The number of amides is 1. The third-order valence-corrected chi connectivity index (χ3v) is 5.32. The molecule has 6 nitrogen and oxygen atoms in total. The lowest BCUT2D eigenvalue weighted by molar-refractivity contribution is -0.141. The third kappa shape index (κ3) is 5.08. The Kier molecular flexibility index (Phi) is 6.64. The highest BCUT2D eigenvalue weighted by molar-refractivity contribution is 6.33. The van der Waals surface area contributed by atoms with Crippen LogP contribution >= 0.6 is 34.8 Å². The zero-order chi connectivity index (χ0) is 22.1. The number of nitrogens with one attached hydrogen (secondary N) is 1. The van der Waals surface area contributed by atoms with Gasteiger partial charge in [0.2, 0.25) is 5.91 Å². The quantitative estimate of drug-likeness (QED) is 0.511. The first-order valence-corrected chi connectivity index (χ1v) is 9.76. The molecule has 0 fully saturated rings. The van der Waals surface area contributed by atoms with Gasteiger partial charge in [0.05, 0.1) is 23.8 Å². The van der Waals surface area contributed by atoms with Crippen molar-refractivity contribution in [1.82, 2.24) is 19.6 Å². The second-order valence-electron chi connectivity index (χ2n) is 6.38. The zero-order valence-corrected chi connectivity index (χ0v) is 17.7. The second kappa shape index (κ2) is 8.87. The topological polar surface area (TPSA) is 64.7 Å². The fourth-order valence-corrected chi connectivity index (χ4v) is 3.32. The van der Waals surface area contributed by atoms with Gasteiger partial charge in [-0.3, -0.25) is 14.2 Å². The van der Waals surface area contributed by atoms with Crippen molar-refractivity contribution >= 4 is 46.5 Å². The van der Waals surface area contributed by atoms with E-state index >= 15 is 0 Å². The van der Waals surface area contributed by atoms with Crippen molar-refractivity contribution in [2.45, 2.75) is 32.6 Å². The number of hydrogen-bond acceptors (Lipinski definition) is 3. The van der Waals surface area contributed by atoms with Crippen molar-refractivity contribution in [3.8, 4) is 0 Å². The lowest BCUT2D eigenvalue weighted by Crippen LogP contribution is -2.17. The number of benzene rings is 1. The second-order valence-corrected chi connectivity index (χ2v) is 7.57. The van der Waals surface area contributed by atoms with Gasteiger partial charge < -0.3 is 5.32 Å². The van der Waals surface area contributed by atoms with Crippen molar-refractivity contribution in [1.29, 1.82) is 0 Å². The van der Waals surface area contributed by atoms with Crippen LogP contribution in [0.15, 0.2) is 30.5 Å². The molecule has 0 atom stereocenters. The largest absolute Gasteiger partial charge is 0.436 e. The fraction of sp³-hybridized carbons (Fsp3) is 0.278. The summed E-state index contributed by atoms with van der Waals surface area (Å²) in [5, 5.41) is 10.5. The highest BCUT2D eigenvalue weighted by Crippen LogP contribution is 2.35. The van der Waals surface area contributed by atoms with Crippen molar-refractivity contribution < 1.29 is 18.0 Å². The molecule has 2 heterocycles. The molecule has 160 valence electrons. The molecule has 2 aromatic heterocycles. The molecular weight excluding hydrogens is 466 g/mol. The van der Waals surface area contributed by atoms with E-state index in [0.717, 1.165) is 10.2 Å². The maximum atomic E-state index is 12.9. The first-order chi connectivity index (χ1) is 14.1. The Morgan fingerprint density at radius 3 is 2.47 bits per heavy atom. The van der Waals surface area contributed by atoms with E-state index in [2.05, 4.69) is 15.5 Å². The molecule has 30 heavy (non-hydrogen) atoms. The van der Waals surface area contributed by atoms with E-state index in [1.165, 1.54) is 17.8 Å². The van der Waals surface area contributed by atoms with Gasteiger partial charge in [0.15, 0.2) is 11.5 Å². The number of anilines is 1. The summed E-state index contributed by atoms with van der Waals surface area (Å²) in [5.41, 5.74) is -0.231. The Bertz CT molecular complexity index is 1080. The Morgan fingerprint density at radius 2 is 1.83 bits per heavy atom. The SMILES string of the molecule is Cc1c(Cl)c(C(F)(F)F)nn1CCC(=O)Nc1nn(Cc2ccccc2Cl)cc1Cl. The van der Waals surface area contributed by atoms with Crippen LogP contribution in [0.3, 0.4) is 0 Å². The number of alkyl halides is 3. The van der Waals surface area contributed by atoms with Gasteiger partial charge in [0, 0.05) is 17.6 Å². The van der Waals surface area contributed by atoms with Crippen LogP contribution in [0.4, 0.5) is 19.0 Å². The standard InChI is InChI=1S/C18H15Cl3F3N5O/c1-10-15(21)16(18(22,23)24)26-29(10)7-6-14(30)25-17-13(20)9-28(27-17)8-11-4-2-3-5-12(11)19/h2-5,9H,6-8H2,1H3,(H,25,27,30). The highest BCUT2D eigenvalue weighted by atomic mass is 35.5. The van der Waals surface area contributed by atoms with Gasteiger partial charge in [-0.1, -0.05) is 53.0 Å². The molecule has 1 aromatic carbocycles. The molecule has 3 rings (SSSR count). The van der Waals surface area contributed by atoms with E-state index in [4.69, 9.17) is 34.8 Å². The molecule has 3 aromatic rings.